The van der Waals surface area contributed by atoms with Gasteiger partial charge in [-0.2, -0.15) is 0 Å². The molecule has 1 aliphatic heterocycles. The van der Waals surface area contributed by atoms with E-state index in [2.05, 4.69) is 47.6 Å². The second-order valence-corrected chi connectivity index (χ2v) is 5.95. The molecule has 2 rings (SSSR count). The van der Waals surface area contributed by atoms with Crippen LogP contribution >= 0.6 is 0 Å². The molecule has 0 spiro atoms. The van der Waals surface area contributed by atoms with Gasteiger partial charge in [0.15, 0.2) is 5.96 Å². The van der Waals surface area contributed by atoms with E-state index in [1.54, 1.807) is 7.11 Å². The summed E-state index contributed by atoms with van der Waals surface area (Å²) in [5.74, 6) is 2.47. The first-order valence-corrected chi connectivity index (χ1v) is 8.68. The number of hydrogen-bond donors (Lipinski definition) is 2. The predicted molar refractivity (Wildman–Crippen MR) is 97.6 cm³/mol. The van der Waals surface area contributed by atoms with Crippen LogP contribution in [0.15, 0.2) is 29.3 Å². The Kier molecular flexibility index (Phi) is 7.04. The number of rotatable bonds is 7. The summed E-state index contributed by atoms with van der Waals surface area (Å²) in [6.45, 7) is 9.15. The first-order valence-electron chi connectivity index (χ1n) is 8.68. The zero-order valence-corrected chi connectivity index (χ0v) is 14.6. The summed E-state index contributed by atoms with van der Waals surface area (Å²) in [6, 6.07) is 8.31. The van der Waals surface area contributed by atoms with Gasteiger partial charge in [0, 0.05) is 44.5 Å². The van der Waals surface area contributed by atoms with Gasteiger partial charge in [-0.25, -0.2) is 0 Å². The summed E-state index contributed by atoms with van der Waals surface area (Å²) in [6.07, 6.45) is 2.30. The smallest absolute Gasteiger partial charge is 0.191 e. The molecule has 1 aromatic rings. The largest absolute Gasteiger partial charge is 0.497 e. The lowest BCUT2D eigenvalue weighted by Crippen LogP contribution is -2.38. The number of aliphatic imine (C=N–C) groups is 1. The Hall–Kier alpha value is -1.91. The lowest BCUT2D eigenvalue weighted by Gasteiger charge is -2.19. The minimum atomic E-state index is 0.610. The Balaban J connectivity index is 1.88. The lowest BCUT2D eigenvalue weighted by atomic mass is 10.1. The van der Waals surface area contributed by atoms with Crippen LogP contribution < -0.4 is 20.3 Å². The minimum absolute atomic E-state index is 0.610. The van der Waals surface area contributed by atoms with E-state index < -0.39 is 0 Å². The Morgan fingerprint density at radius 2 is 2.22 bits per heavy atom. The van der Waals surface area contributed by atoms with E-state index in [9.17, 15) is 0 Å². The summed E-state index contributed by atoms with van der Waals surface area (Å²) in [7, 11) is 1.71. The first kappa shape index (κ1) is 17.4. The van der Waals surface area contributed by atoms with Crippen LogP contribution in [0.5, 0.6) is 5.75 Å². The van der Waals surface area contributed by atoms with Crippen molar-refractivity contribution >= 4 is 11.6 Å². The van der Waals surface area contributed by atoms with E-state index in [-0.39, 0.29) is 0 Å². The number of hydrogen-bond acceptors (Lipinski definition) is 3. The lowest BCUT2D eigenvalue weighted by molar-refractivity contribution is 0.415. The molecule has 0 aromatic heterocycles. The average molecular weight is 318 g/mol. The Bertz CT molecular complexity index is 504. The Labute approximate surface area is 140 Å². The van der Waals surface area contributed by atoms with E-state index in [0.717, 1.165) is 50.9 Å². The molecule has 0 radical (unpaired) electrons. The monoisotopic (exact) mass is 318 g/mol. The van der Waals surface area contributed by atoms with Crippen molar-refractivity contribution in [2.45, 2.75) is 26.7 Å². The molecule has 23 heavy (non-hydrogen) atoms. The number of nitrogens with zero attached hydrogens (tertiary/aromatic N) is 2. The van der Waals surface area contributed by atoms with Gasteiger partial charge in [-0.15, -0.1) is 0 Å². The second kappa shape index (κ2) is 9.28. The highest BCUT2D eigenvalue weighted by molar-refractivity contribution is 5.79. The van der Waals surface area contributed by atoms with Crippen molar-refractivity contribution in [3.63, 3.8) is 0 Å². The van der Waals surface area contributed by atoms with Gasteiger partial charge >= 0.3 is 0 Å². The third-order valence-electron chi connectivity index (χ3n) is 4.10. The number of guanidine groups is 1. The van der Waals surface area contributed by atoms with Crippen molar-refractivity contribution < 1.29 is 4.74 Å². The van der Waals surface area contributed by atoms with Crippen molar-refractivity contribution in [2.24, 2.45) is 10.9 Å². The maximum atomic E-state index is 5.32. The highest BCUT2D eigenvalue weighted by Crippen LogP contribution is 2.26. The molecule has 1 unspecified atom stereocenters. The van der Waals surface area contributed by atoms with E-state index in [0.29, 0.717) is 5.92 Å². The summed E-state index contributed by atoms with van der Waals surface area (Å²) in [4.78, 5) is 7.16. The number of methoxy groups -OCH3 is 1. The van der Waals surface area contributed by atoms with Gasteiger partial charge < -0.3 is 20.3 Å². The van der Waals surface area contributed by atoms with Crippen molar-refractivity contribution in [3.8, 4) is 5.75 Å². The van der Waals surface area contributed by atoms with E-state index in [1.165, 1.54) is 12.1 Å². The van der Waals surface area contributed by atoms with Gasteiger partial charge in [-0.3, -0.25) is 4.99 Å². The molecule has 1 heterocycles. The highest BCUT2D eigenvalue weighted by atomic mass is 16.5. The number of benzene rings is 1. The third-order valence-corrected chi connectivity index (χ3v) is 4.10. The topological polar surface area (TPSA) is 48.9 Å². The quantitative estimate of drug-likeness (QED) is 0.599. The molecule has 1 fully saturated rings. The maximum absolute atomic E-state index is 5.32. The van der Waals surface area contributed by atoms with Gasteiger partial charge in [0.1, 0.15) is 5.75 Å². The molecule has 1 saturated heterocycles. The summed E-state index contributed by atoms with van der Waals surface area (Å²) in [5.41, 5.74) is 1.24. The van der Waals surface area contributed by atoms with Crippen LogP contribution in [0, 0.1) is 5.92 Å². The van der Waals surface area contributed by atoms with Gasteiger partial charge in [0.05, 0.1) is 7.11 Å². The fourth-order valence-electron chi connectivity index (χ4n) is 2.83. The van der Waals surface area contributed by atoms with Gasteiger partial charge in [0.2, 0.25) is 0 Å². The van der Waals surface area contributed by atoms with Crippen LogP contribution in [-0.2, 0) is 0 Å². The molecular formula is C18H30N4O. The van der Waals surface area contributed by atoms with Crippen LogP contribution in [0.4, 0.5) is 5.69 Å². The molecule has 0 aliphatic carbocycles. The number of ether oxygens (including phenoxy) is 1. The highest BCUT2D eigenvalue weighted by Gasteiger charge is 2.22. The Morgan fingerprint density at radius 1 is 1.35 bits per heavy atom. The normalized spacial score (nSPS) is 18.1. The zero-order valence-electron chi connectivity index (χ0n) is 14.6. The molecule has 1 aromatic carbocycles. The fourth-order valence-corrected chi connectivity index (χ4v) is 2.83. The van der Waals surface area contributed by atoms with Gasteiger partial charge in [-0.1, -0.05) is 13.0 Å². The van der Waals surface area contributed by atoms with Crippen LogP contribution in [0.2, 0.25) is 0 Å². The van der Waals surface area contributed by atoms with E-state index in [1.807, 2.05) is 6.07 Å². The van der Waals surface area contributed by atoms with E-state index in [4.69, 9.17) is 9.73 Å². The van der Waals surface area contributed by atoms with Crippen molar-refractivity contribution in [3.05, 3.63) is 24.3 Å². The second-order valence-electron chi connectivity index (χ2n) is 5.95. The molecule has 2 N–H and O–H groups in total. The molecule has 5 nitrogen and oxygen atoms in total. The SMILES string of the molecule is CCCNC(=NCC1CCN(c2cccc(OC)c2)C1)NCC. The van der Waals surface area contributed by atoms with Gasteiger partial charge in [0.25, 0.3) is 0 Å². The summed E-state index contributed by atoms with van der Waals surface area (Å²) in [5, 5.41) is 6.67. The summed E-state index contributed by atoms with van der Waals surface area (Å²) < 4.78 is 5.32. The minimum Gasteiger partial charge on any atom is -0.497 e. The molecule has 0 bridgehead atoms. The Morgan fingerprint density at radius 3 is 2.96 bits per heavy atom. The molecule has 0 saturated carbocycles. The third kappa shape index (κ3) is 5.34. The van der Waals surface area contributed by atoms with E-state index >= 15 is 0 Å². The van der Waals surface area contributed by atoms with Gasteiger partial charge in [-0.05, 0) is 37.8 Å². The summed E-state index contributed by atoms with van der Waals surface area (Å²) >= 11 is 0. The fraction of sp³-hybridized carbons (Fsp3) is 0.611. The van der Waals surface area contributed by atoms with Crippen molar-refractivity contribution in [1.29, 1.82) is 0 Å². The number of nitrogens with one attached hydrogen (secondary N) is 2. The molecule has 128 valence electrons. The van der Waals surface area contributed by atoms with Crippen molar-refractivity contribution in [1.82, 2.24) is 10.6 Å². The maximum Gasteiger partial charge on any atom is 0.191 e. The number of anilines is 1. The molecule has 5 heteroatoms. The average Bonchev–Trinajstić information content (AvgIpc) is 3.06. The van der Waals surface area contributed by atoms with Crippen LogP contribution in [-0.4, -0.2) is 45.8 Å². The molecular weight excluding hydrogens is 288 g/mol. The van der Waals surface area contributed by atoms with Crippen LogP contribution in [0.1, 0.15) is 26.7 Å². The molecule has 0 amide bonds. The van der Waals surface area contributed by atoms with Crippen LogP contribution in [0.3, 0.4) is 0 Å². The first-order chi connectivity index (χ1) is 11.3. The van der Waals surface area contributed by atoms with Crippen molar-refractivity contribution in [2.75, 3.05) is 44.7 Å². The molecule has 1 aliphatic rings. The predicted octanol–water partition coefficient (Wildman–Crippen LogP) is 2.49. The molecule has 1 atom stereocenters. The zero-order chi connectivity index (χ0) is 16.5. The van der Waals surface area contributed by atoms with Crippen LogP contribution in [0.25, 0.3) is 0 Å². The standard InChI is InChI=1S/C18H30N4O/c1-4-10-20-18(19-5-2)21-13-15-9-11-22(14-15)16-7-6-8-17(12-16)23-3/h6-8,12,15H,4-5,9-11,13-14H2,1-3H3,(H2,19,20,21).